The van der Waals surface area contributed by atoms with Gasteiger partial charge >= 0.3 is 0 Å². The minimum Gasteiger partial charge on any atom is -0.393 e. The van der Waals surface area contributed by atoms with Crippen molar-refractivity contribution in [3.8, 4) is 0 Å². The van der Waals surface area contributed by atoms with E-state index in [2.05, 4.69) is 30.2 Å². The second-order valence-electron chi connectivity index (χ2n) is 7.23. The maximum atomic E-state index is 10.3. The zero-order valence-electron chi connectivity index (χ0n) is 15.3. The van der Waals surface area contributed by atoms with E-state index >= 15 is 0 Å². The topological polar surface area (TPSA) is 134 Å². The molecule has 1 aliphatic heterocycles. The van der Waals surface area contributed by atoms with E-state index in [0.29, 0.717) is 29.9 Å². The summed E-state index contributed by atoms with van der Waals surface area (Å²) in [6, 6.07) is 0. The molecule has 1 aliphatic rings. The van der Waals surface area contributed by atoms with Crippen molar-refractivity contribution in [1.82, 2.24) is 29.5 Å². The highest BCUT2D eigenvalue weighted by Gasteiger charge is 2.52. The van der Waals surface area contributed by atoms with Gasteiger partial charge in [0.15, 0.2) is 17.0 Å². The Morgan fingerprint density at radius 2 is 2.22 bits per heavy atom. The molecule has 3 aromatic heterocycles. The highest BCUT2D eigenvalue weighted by molar-refractivity contribution is 5.82. The summed E-state index contributed by atoms with van der Waals surface area (Å²) in [5.41, 5.74) is 0.365. The fourth-order valence-corrected chi connectivity index (χ4v) is 3.52. The number of aromatic amines is 1. The molecule has 3 aromatic rings. The Morgan fingerprint density at radius 3 is 2.93 bits per heavy atom. The minimum atomic E-state index is -1.02. The first-order chi connectivity index (χ1) is 13.0. The lowest BCUT2D eigenvalue weighted by molar-refractivity contribution is -0.159. The molecule has 10 nitrogen and oxygen atoms in total. The average molecular weight is 373 g/mol. The number of aromatic nitrogens is 6. The molecule has 4 N–H and O–H groups in total. The van der Waals surface area contributed by atoms with Crippen LogP contribution in [0.4, 0.5) is 5.82 Å². The Morgan fingerprint density at radius 1 is 1.37 bits per heavy atom. The summed E-state index contributed by atoms with van der Waals surface area (Å²) in [4.78, 5) is 20.2. The van der Waals surface area contributed by atoms with E-state index in [1.54, 1.807) is 30.3 Å². The predicted octanol–water partition coefficient (Wildman–Crippen LogP) is 0.409. The number of rotatable bonds is 6. The molecular formula is C17H23N7O3. The van der Waals surface area contributed by atoms with Gasteiger partial charge in [-0.15, -0.1) is 0 Å². The van der Waals surface area contributed by atoms with Crippen molar-refractivity contribution in [2.45, 2.75) is 44.1 Å². The summed E-state index contributed by atoms with van der Waals surface area (Å²) in [6.07, 6.45) is 6.84. The quantitative estimate of drug-likeness (QED) is 0.488. The lowest BCUT2D eigenvalue weighted by Crippen LogP contribution is -2.41. The Bertz CT molecular complexity index is 928. The predicted molar refractivity (Wildman–Crippen MR) is 97.0 cm³/mol. The zero-order valence-corrected chi connectivity index (χ0v) is 15.3. The highest BCUT2D eigenvalue weighted by atomic mass is 16.6. The van der Waals surface area contributed by atoms with Crippen molar-refractivity contribution in [1.29, 1.82) is 0 Å². The van der Waals surface area contributed by atoms with E-state index in [4.69, 9.17) is 4.74 Å². The van der Waals surface area contributed by atoms with Gasteiger partial charge in [-0.05, 0) is 13.8 Å². The van der Waals surface area contributed by atoms with E-state index in [1.807, 2.05) is 6.92 Å². The summed E-state index contributed by atoms with van der Waals surface area (Å²) in [5, 5.41) is 23.2. The maximum absolute atomic E-state index is 10.3. The summed E-state index contributed by atoms with van der Waals surface area (Å²) in [6.45, 7) is 3.94. The second-order valence-corrected chi connectivity index (χ2v) is 7.23. The molecule has 10 heteroatoms. The van der Waals surface area contributed by atoms with Crippen LogP contribution in [0.25, 0.3) is 11.2 Å². The molecule has 0 radical (unpaired) electrons. The van der Waals surface area contributed by atoms with Crippen molar-refractivity contribution in [3.05, 3.63) is 30.9 Å². The van der Waals surface area contributed by atoms with E-state index < -0.39 is 17.4 Å². The third kappa shape index (κ3) is 3.05. The number of aliphatic hydroxyl groups excluding tert-OH is 2. The molecular weight excluding hydrogens is 350 g/mol. The van der Waals surface area contributed by atoms with Gasteiger partial charge in [0.2, 0.25) is 0 Å². The number of hydrogen-bond acceptors (Lipinski definition) is 8. The van der Waals surface area contributed by atoms with Crippen LogP contribution in [0, 0.1) is 0 Å². The van der Waals surface area contributed by atoms with E-state index in [1.165, 1.54) is 6.33 Å². The number of nitrogens with one attached hydrogen (secondary N) is 2. The SMILES string of the molecule is CC1(CO)OC(C)(n2cnc3c(NCCc4cnc[nH]4)ncnc32)CC1O. The summed E-state index contributed by atoms with van der Waals surface area (Å²) in [7, 11) is 0. The Labute approximate surface area is 155 Å². The normalized spacial score (nSPS) is 28.1. The molecule has 3 unspecified atom stereocenters. The number of aliphatic hydroxyl groups is 2. The van der Waals surface area contributed by atoms with E-state index in [0.717, 1.165) is 12.1 Å². The van der Waals surface area contributed by atoms with Gasteiger partial charge in [0, 0.05) is 31.3 Å². The van der Waals surface area contributed by atoms with E-state index in [9.17, 15) is 10.2 Å². The van der Waals surface area contributed by atoms with Crippen LogP contribution in [-0.4, -0.2) is 64.6 Å². The number of hydrogen-bond donors (Lipinski definition) is 4. The third-order valence-corrected chi connectivity index (χ3v) is 5.13. The van der Waals surface area contributed by atoms with Crippen molar-refractivity contribution in [2.24, 2.45) is 0 Å². The molecule has 0 aromatic carbocycles. The molecule has 3 atom stereocenters. The van der Waals surface area contributed by atoms with Crippen LogP contribution < -0.4 is 5.32 Å². The van der Waals surface area contributed by atoms with Crippen LogP contribution in [-0.2, 0) is 16.9 Å². The first kappa shape index (κ1) is 17.8. The number of nitrogens with zero attached hydrogens (tertiary/aromatic N) is 5. The molecule has 0 aliphatic carbocycles. The fourth-order valence-electron chi connectivity index (χ4n) is 3.52. The largest absolute Gasteiger partial charge is 0.393 e. The smallest absolute Gasteiger partial charge is 0.167 e. The first-order valence-electron chi connectivity index (χ1n) is 8.84. The molecule has 4 heterocycles. The van der Waals surface area contributed by atoms with E-state index in [-0.39, 0.29) is 6.61 Å². The summed E-state index contributed by atoms with van der Waals surface area (Å²) >= 11 is 0. The number of imidazole rings is 2. The summed E-state index contributed by atoms with van der Waals surface area (Å²) in [5.74, 6) is 0.630. The number of ether oxygens (including phenoxy) is 1. The number of anilines is 1. The van der Waals surface area contributed by atoms with Crippen LogP contribution in [0.3, 0.4) is 0 Å². The average Bonchev–Trinajstić information content (AvgIpc) is 3.35. The van der Waals surface area contributed by atoms with Gasteiger partial charge < -0.3 is 25.3 Å². The van der Waals surface area contributed by atoms with Crippen molar-refractivity contribution >= 4 is 17.0 Å². The van der Waals surface area contributed by atoms with Crippen LogP contribution in [0.2, 0.25) is 0 Å². The number of H-pyrrole nitrogens is 1. The molecule has 144 valence electrons. The van der Waals surface area contributed by atoms with Gasteiger partial charge in [-0.2, -0.15) is 0 Å². The van der Waals surface area contributed by atoms with Crippen LogP contribution in [0.15, 0.2) is 25.2 Å². The fraction of sp³-hybridized carbons (Fsp3) is 0.529. The van der Waals surface area contributed by atoms with Crippen molar-refractivity contribution in [2.75, 3.05) is 18.5 Å². The van der Waals surface area contributed by atoms with Gasteiger partial charge in [-0.25, -0.2) is 19.9 Å². The van der Waals surface area contributed by atoms with Crippen molar-refractivity contribution < 1.29 is 14.9 Å². The third-order valence-electron chi connectivity index (χ3n) is 5.13. The van der Waals surface area contributed by atoms with Crippen LogP contribution >= 0.6 is 0 Å². The minimum absolute atomic E-state index is 0.272. The van der Waals surface area contributed by atoms with Gasteiger partial charge in [0.05, 0.1) is 25.4 Å². The maximum Gasteiger partial charge on any atom is 0.167 e. The molecule has 4 rings (SSSR count). The lowest BCUT2D eigenvalue weighted by Gasteiger charge is -2.30. The van der Waals surface area contributed by atoms with Crippen LogP contribution in [0.5, 0.6) is 0 Å². The Kier molecular flexibility index (Phi) is 4.33. The zero-order chi connectivity index (χ0) is 19.1. The van der Waals surface area contributed by atoms with Crippen molar-refractivity contribution in [3.63, 3.8) is 0 Å². The monoisotopic (exact) mass is 373 g/mol. The Hall–Kier alpha value is -2.56. The number of fused-ring (bicyclic) bond motifs is 1. The Balaban J connectivity index is 1.59. The van der Waals surface area contributed by atoms with Gasteiger partial charge in [-0.3, -0.25) is 4.57 Å². The molecule has 0 saturated carbocycles. The second kappa shape index (κ2) is 6.55. The van der Waals surface area contributed by atoms with Gasteiger partial charge in [-0.1, -0.05) is 0 Å². The molecule has 0 bridgehead atoms. The molecule has 1 fully saturated rings. The standard InChI is InChI=1S/C17H23N7O3/c1-16(7-25)12(26)5-17(2,27-16)24-10-23-13-14(21-9-22-15(13)24)19-4-3-11-6-18-8-20-11/h6,8-10,12,25-26H,3-5,7H2,1-2H3,(H,18,20)(H,19,21,22). The molecule has 27 heavy (non-hydrogen) atoms. The molecule has 1 saturated heterocycles. The van der Waals surface area contributed by atoms with Gasteiger partial charge in [0.1, 0.15) is 17.7 Å². The first-order valence-corrected chi connectivity index (χ1v) is 8.84. The molecule has 0 spiro atoms. The molecule has 0 amide bonds. The highest BCUT2D eigenvalue weighted by Crippen LogP contribution is 2.42. The van der Waals surface area contributed by atoms with Crippen LogP contribution in [0.1, 0.15) is 26.0 Å². The lowest BCUT2D eigenvalue weighted by atomic mass is 9.99. The summed E-state index contributed by atoms with van der Waals surface area (Å²) < 4.78 is 7.84. The van der Waals surface area contributed by atoms with Gasteiger partial charge in [0.25, 0.3) is 0 Å².